The molecule has 3 aromatic rings. The summed E-state index contributed by atoms with van der Waals surface area (Å²) in [6.45, 7) is 0.117. The van der Waals surface area contributed by atoms with Crippen LogP contribution in [0.3, 0.4) is 0 Å². The van der Waals surface area contributed by atoms with E-state index in [4.69, 9.17) is 4.74 Å². The average Bonchev–Trinajstić information content (AvgIpc) is 3.33. The van der Waals surface area contributed by atoms with Crippen LogP contribution in [0.4, 0.5) is 4.39 Å². The first kappa shape index (κ1) is 21.6. The quantitative estimate of drug-likeness (QED) is 0.464. The molecule has 2 aromatic heterocycles. The molecule has 0 saturated carbocycles. The van der Waals surface area contributed by atoms with Crippen molar-refractivity contribution in [3.63, 3.8) is 0 Å². The number of H-pyrrole nitrogens is 1. The van der Waals surface area contributed by atoms with Crippen molar-refractivity contribution in [2.75, 3.05) is 7.05 Å². The van der Waals surface area contributed by atoms with Crippen molar-refractivity contribution in [3.8, 4) is 5.69 Å². The standard InChI is InChI=1S/C20H20FN5O6/c1-24(9-11-8-22-26(10-11)13-4-2-12(21)3-5-13)18(30)17-15(28)16(29)19(32-17)25-7-6-14(27)23-20(25)31/h2-8,10,15-17,19,28-29H,9H2,1H3,(H,23,27,31)/t15-,16+,17-,19+/m0/s1. The Bertz CT molecular complexity index is 1240. The largest absolute Gasteiger partial charge is 0.387 e. The highest BCUT2D eigenvalue weighted by Gasteiger charge is 2.48. The van der Waals surface area contributed by atoms with E-state index < -0.39 is 41.7 Å². The lowest BCUT2D eigenvalue weighted by atomic mass is 10.1. The Morgan fingerprint density at radius 1 is 1.22 bits per heavy atom. The number of aromatic nitrogens is 4. The summed E-state index contributed by atoms with van der Waals surface area (Å²) in [6.07, 6.45) is -1.61. The SMILES string of the molecule is CN(Cc1cnn(-c2ccc(F)cc2)c1)C(=O)[C@H]1O[C@@H](n2ccc(=O)[nH]c2=O)[C@H](O)[C@@H]1O. The van der Waals surface area contributed by atoms with Crippen LogP contribution in [0, 0.1) is 5.82 Å². The van der Waals surface area contributed by atoms with Gasteiger partial charge in [0, 0.05) is 37.6 Å². The van der Waals surface area contributed by atoms with Crippen LogP contribution in [0.25, 0.3) is 5.69 Å². The minimum absolute atomic E-state index is 0.117. The Morgan fingerprint density at radius 3 is 2.62 bits per heavy atom. The number of likely N-dealkylation sites (N-methyl/N-ethyl adjacent to an activating group) is 1. The maximum absolute atomic E-state index is 13.1. The van der Waals surface area contributed by atoms with Crippen LogP contribution >= 0.6 is 0 Å². The maximum Gasteiger partial charge on any atom is 0.330 e. The van der Waals surface area contributed by atoms with E-state index >= 15 is 0 Å². The van der Waals surface area contributed by atoms with Gasteiger partial charge in [-0.05, 0) is 24.3 Å². The van der Waals surface area contributed by atoms with Gasteiger partial charge in [0.05, 0.1) is 11.9 Å². The Morgan fingerprint density at radius 2 is 1.94 bits per heavy atom. The predicted octanol–water partition coefficient (Wildman–Crippen LogP) is -0.861. The van der Waals surface area contributed by atoms with Gasteiger partial charge in [0.25, 0.3) is 11.5 Å². The van der Waals surface area contributed by atoms with E-state index in [-0.39, 0.29) is 12.4 Å². The van der Waals surface area contributed by atoms with Gasteiger partial charge in [-0.15, -0.1) is 0 Å². The highest BCUT2D eigenvalue weighted by atomic mass is 19.1. The summed E-state index contributed by atoms with van der Waals surface area (Å²) in [6, 6.07) is 6.79. The Labute approximate surface area is 179 Å². The zero-order valence-corrected chi connectivity index (χ0v) is 16.8. The third-order valence-corrected chi connectivity index (χ3v) is 5.13. The highest BCUT2D eigenvalue weighted by molar-refractivity contribution is 5.81. The molecule has 12 heteroatoms. The minimum Gasteiger partial charge on any atom is -0.387 e. The number of aliphatic hydroxyl groups is 2. The van der Waals surface area contributed by atoms with Gasteiger partial charge in [-0.25, -0.2) is 13.9 Å². The number of ether oxygens (including phenoxy) is 1. The van der Waals surface area contributed by atoms with Gasteiger partial charge in [0.1, 0.15) is 18.0 Å². The fourth-order valence-electron chi connectivity index (χ4n) is 3.47. The number of amides is 1. The van der Waals surface area contributed by atoms with Gasteiger partial charge >= 0.3 is 5.69 Å². The number of aromatic amines is 1. The van der Waals surface area contributed by atoms with Gasteiger partial charge in [0.15, 0.2) is 12.3 Å². The van der Waals surface area contributed by atoms with E-state index in [1.807, 2.05) is 4.98 Å². The molecule has 1 aliphatic rings. The highest BCUT2D eigenvalue weighted by Crippen LogP contribution is 2.29. The van der Waals surface area contributed by atoms with Crippen LogP contribution in [-0.4, -0.2) is 65.7 Å². The molecule has 4 rings (SSSR count). The molecule has 1 saturated heterocycles. The second-order valence-electron chi connectivity index (χ2n) is 7.41. The van der Waals surface area contributed by atoms with Crippen LogP contribution in [0.2, 0.25) is 0 Å². The molecule has 1 aromatic carbocycles. The van der Waals surface area contributed by atoms with Crippen molar-refractivity contribution in [3.05, 3.63) is 81.1 Å². The van der Waals surface area contributed by atoms with E-state index in [1.54, 1.807) is 18.3 Å². The number of nitrogens with one attached hydrogen (secondary N) is 1. The van der Waals surface area contributed by atoms with Crippen molar-refractivity contribution in [2.45, 2.75) is 31.1 Å². The summed E-state index contributed by atoms with van der Waals surface area (Å²) in [5.74, 6) is -0.989. The molecule has 3 heterocycles. The van der Waals surface area contributed by atoms with Gasteiger partial charge < -0.3 is 19.8 Å². The number of benzene rings is 1. The summed E-state index contributed by atoms with van der Waals surface area (Å²) < 4.78 is 21.0. The average molecular weight is 445 g/mol. The monoisotopic (exact) mass is 445 g/mol. The lowest BCUT2D eigenvalue weighted by Crippen LogP contribution is -2.43. The Balaban J connectivity index is 1.46. The lowest BCUT2D eigenvalue weighted by Gasteiger charge is -2.22. The van der Waals surface area contributed by atoms with Gasteiger partial charge in [0.2, 0.25) is 0 Å². The van der Waals surface area contributed by atoms with Crippen molar-refractivity contribution < 1.29 is 24.1 Å². The maximum atomic E-state index is 13.1. The molecule has 1 amide bonds. The summed E-state index contributed by atoms with van der Waals surface area (Å²) in [5, 5.41) is 24.8. The number of hydrogen-bond acceptors (Lipinski definition) is 7. The molecule has 0 unspecified atom stereocenters. The third kappa shape index (κ3) is 4.10. The predicted molar refractivity (Wildman–Crippen MR) is 107 cm³/mol. The minimum atomic E-state index is -1.59. The fourth-order valence-corrected chi connectivity index (χ4v) is 3.47. The zero-order chi connectivity index (χ0) is 23.0. The molecule has 1 fully saturated rings. The van der Waals surface area contributed by atoms with Crippen molar-refractivity contribution in [1.82, 2.24) is 24.2 Å². The van der Waals surface area contributed by atoms with Crippen LogP contribution in [-0.2, 0) is 16.1 Å². The molecule has 0 aliphatic carbocycles. The van der Waals surface area contributed by atoms with Crippen molar-refractivity contribution in [2.24, 2.45) is 0 Å². The second-order valence-corrected chi connectivity index (χ2v) is 7.41. The second kappa shape index (κ2) is 8.49. The fraction of sp³-hybridized carbons (Fsp3) is 0.300. The number of carbonyl (C=O) groups excluding carboxylic acids is 1. The molecule has 11 nitrogen and oxygen atoms in total. The number of hydrogen-bond donors (Lipinski definition) is 3. The van der Waals surface area contributed by atoms with E-state index in [2.05, 4.69) is 5.10 Å². The molecule has 32 heavy (non-hydrogen) atoms. The van der Waals surface area contributed by atoms with E-state index in [1.165, 1.54) is 35.0 Å². The first-order valence-corrected chi connectivity index (χ1v) is 9.62. The smallest absolute Gasteiger partial charge is 0.330 e. The topological polar surface area (TPSA) is 143 Å². The molecule has 3 N–H and O–H groups in total. The number of rotatable bonds is 5. The van der Waals surface area contributed by atoms with Crippen LogP contribution < -0.4 is 11.2 Å². The van der Waals surface area contributed by atoms with Crippen molar-refractivity contribution in [1.29, 1.82) is 0 Å². The normalized spacial score (nSPS) is 22.8. The van der Waals surface area contributed by atoms with Crippen LogP contribution in [0.1, 0.15) is 11.8 Å². The third-order valence-electron chi connectivity index (χ3n) is 5.13. The lowest BCUT2D eigenvalue weighted by molar-refractivity contribution is -0.148. The van der Waals surface area contributed by atoms with E-state index in [0.717, 1.165) is 16.8 Å². The number of aliphatic hydroxyl groups excluding tert-OH is 2. The molecule has 0 spiro atoms. The molecule has 4 atom stereocenters. The van der Waals surface area contributed by atoms with Crippen molar-refractivity contribution >= 4 is 5.91 Å². The summed E-state index contributed by atoms with van der Waals surface area (Å²) in [4.78, 5) is 39.4. The summed E-state index contributed by atoms with van der Waals surface area (Å²) in [7, 11) is 1.49. The summed E-state index contributed by atoms with van der Waals surface area (Å²) in [5.41, 5.74) is -0.179. The molecule has 168 valence electrons. The van der Waals surface area contributed by atoms with E-state index in [9.17, 15) is 29.0 Å². The molecular formula is C20H20FN5O6. The number of carbonyl (C=O) groups is 1. The first-order chi connectivity index (χ1) is 15.2. The number of halogens is 1. The van der Waals surface area contributed by atoms with E-state index in [0.29, 0.717) is 11.3 Å². The molecule has 1 aliphatic heterocycles. The zero-order valence-electron chi connectivity index (χ0n) is 16.8. The van der Waals surface area contributed by atoms with Crippen LogP contribution in [0.5, 0.6) is 0 Å². The van der Waals surface area contributed by atoms with Gasteiger partial charge in [-0.3, -0.25) is 19.1 Å². The first-order valence-electron chi connectivity index (χ1n) is 9.62. The van der Waals surface area contributed by atoms with Gasteiger partial charge in [-0.1, -0.05) is 0 Å². The molecule has 0 radical (unpaired) electrons. The Hall–Kier alpha value is -3.61. The summed E-state index contributed by atoms with van der Waals surface area (Å²) >= 11 is 0. The molecule has 0 bridgehead atoms. The number of nitrogens with zero attached hydrogens (tertiary/aromatic N) is 4. The Kier molecular flexibility index (Phi) is 5.74. The van der Waals surface area contributed by atoms with Crippen LogP contribution in [0.15, 0.2) is 58.5 Å². The van der Waals surface area contributed by atoms with Gasteiger partial charge in [-0.2, -0.15) is 5.10 Å². The molecular weight excluding hydrogens is 425 g/mol.